The molecular weight excluding hydrogens is 502 g/mol. The van der Waals surface area contributed by atoms with Gasteiger partial charge in [0.1, 0.15) is 18.9 Å². The van der Waals surface area contributed by atoms with Crippen molar-refractivity contribution in [1.29, 1.82) is 0 Å². The van der Waals surface area contributed by atoms with E-state index in [-0.39, 0.29) is 11.9 Å². The van der Waals surface area contributed by atoms with E-state index in [0.29, 0.717) is 61.1 Å². The number of rotatable bonds is 5. The molecule has 2 fully saturated rings. The van der Waals surface area contributed by atoms with Crippen LogP contribution in [0.4, 0.5) is 4.79 Å². The van der Waals surface area contributed by atoms with E-state index in [2.05, 4.69) is 16.4 Å². The van der Waals surface area contributed by atoms with Crippen LogP contribution in [0.25, 0.3) is 10.4 Å². The summed E-state index contributed by atoms with van der Waals surface area (Å²) < 4.78 is 16.8. The fourth-order valence-corrected chi connectivity index (χ4v) is 6.96. The maximum absolute atomic E-state index is 14.0. The summed E-state index contributed by atoms with van der Waals surface area (Å²) in [7, 11) is 0. The van der Waals surface area contributed by atoms with E-state index in [0.717, 1.165) is 40.3 Å². The average Bonchev–Trinajstić information content (AvgIpc) is 3.62. The van der Waals surface area contributed by atoms with Gasteiger partial charge < -0.3 is 24.4 Å². The Labute approximate surface area is 225 Å². The van der Waals surface area contributed by atoms with Crippen LogP contribution in [0.5, 0.6) is 17.2 Å². The number of benzene rings is 2. The molecule has 3 aromatic rings. The molecule has 3 heterocycles. The first-order chi connectivity index (χ1) is 18.5. The minimum absolute atomic E-state index is 0.0666. The van der Waals surface area contributed by atoms with E-state index >= 15 is 0 Å². The minimum Gasteiger partial charge on any atom is -0.486 e. The zero-order chi connectivity index (χ0) is 26.2. The molecule has 1 aliphatic carbocycles. The number of amides is 2. The molecule has 0 bridgehead atoms. The van der Waals surface area contributed by atoms with E-state index < -0.39 is 6.09 Å². The molecular formula is C29H31N3O5S. The topological polar surface area (TPSA) is 90.0 Å². The van der Waals surface area contributed by atoms with E-state index in [4.69, 9.17) is 14.2 Å². The monoisotopic (exact) mass is 533 g/mol. The van der Waals surface area contributed by atoms with Gasteiger partial charge in [0.15, 0.2) is 11.5 Å². The molecule has 2 aromatic carbocycles. The number of likely N-dealkylation sites (tertiary alicyclic amines) is 1. The van der Waals surface area contributed by atoms with Crippen LogP contribution in [0.1, 0.15) is 40.3 Å². The molecule has 2 amide bonds. The van der Waals surface area contributed by atoms with Crippen molar-refractivity contribution in [2.75, 3.05) is 26.3 Å². The van der Waals surface area contributed by atoms with Gasteiger partial charge in [-0.05, 0) is 56.2 Å². The summed E-state index contributed by atoms with van der Waals surface area (Å²) in [4.78, 5) is 34.3. The van der Waals surface area contributed by atoms with E-state index in [9.17, 15) is 9.59 Å². The lowest BCUT2D eigenvalue weighted by atomic mass is 9.94. The third kappa shape index (κ3) is 4.71. The van der Waals surface area contributed by atoms with Crippen molar-refractivity contribution in [3.63, 3.8) is 0 Å². The van der Waals surface area contributed by atoms with Gasteiger partial charge >= 0.3 is 6.09 Å². The summed E-state index contributed by atoms with van der Waals surface area (Å²) >= 11 is 1.55. The average molecular weight is 534 g/mol. The SMILES string of the molecule is Cc1cccc(-c2sc(C)nc2C(=O)N2C[C@@H]3CCC[C@@H]3[C@H]2CNC(=O)Oc2cccc3c2OCCO3)c1. The number of hydrogen-bond donors (Lipinski definition) is 1. The van der Waals surface area contributed by atoms with Gasteiger partial charge in [-0.3, -0.25) is 4.79 Å². The van der Waals surface area contributed by atoms with E-state index in [1.54, 1.807) is 29.5 Å². The Morgan fingerprint density at radius 1 is 1.13 bits per heavy atom. The van der Waals surface area contributed by atoms with Gasteiger partial charge in [-0.2, -0.15) is 0 Å². The highest BCUT2D eigenvalue weighted by atomic mass is 32.1. The van der Waals surface area contributed by atoms with Crippen LogP contribution >= 0.6 is 11.3 Å². The summed E-state index contributed by atoms with van der Waals surface area (Å²) in [5.41, 5.74) is 2.65. The molecule has 1 N–H and O–H groups in total. The van der Waals surface area contributed by atoms with Crippen molar-refractivity contribution in [3.8, 4) is 27.7 Å². The molecule has 0 radical (unpaired) electrons. The summed E-state index contributed by atoms with van der Waals surface area (Å²) in [6.45, 7) is 5.85. The van der Waals surface area contributed by atoms with Crippen LogP contribution in [-0.4, -0.2) is 54.2 Å². The van der Waals surface area contributed by atoms with Crippen molar-refractivity contribution >= 4 is 23.3 Å². The first-order valence-electron chi connectivity index (χ1n) is 13.2. The lowest BCUT2D eigenvalue weighted by Crippen LogP contribution is -2.46. The van der Waals surface area contributed by atoms with Crippen molar-refractivity contribution in [3.05, 3.63) is 58.7 Å². The van der Waals surface area contributed by atoms with Gasteiger partial charge in [-0.25, -0.2) is 9.78 Å². The molecule has 38 heavy (non-hydrogen) atoms. The number of thiazole rings is 1. The number of nitrogens with zero attached hydrogens (tertiary/aromatic N) is 2. The van der Waals surface area contributed by atoms with Crippen LogP contribution < -0.4 is 19.5 Å². The van der Waals surface area contributed by atoms with Crippen molar-refractivity contribution < 1.29 is 23.8 Å². The number of ether oxygens (including phenoxy) is 3. The molecule has 1 aromatic heterocycles. The van der Waals surface area contributed by atoms with Crippen LogP contribution in [0.2, 0.25) is 0 Å². The zero-order valence-corrected chi connectivity index (χ0v) is 22.4. The number of fused-ring (bicyclic) bond motifs is 2. The number of carbonyl (C=O) groups is 2. The second-order valence-electron chi connectivity index (χ2n) is 10.2. The number of carbonyl (C=O) groups excluding carboxylic acids is 2. The van der Waals surface area contributed by atoms with Crippen LogP contribution in [-0.2, 0) is 0 Å². The van der Waals surface area contributed by atoms with Gasteiger partial charge in [0, 0.05) is 13.1 Å². The predicted molar refractivity (Wildman–Crippen MR) is 144 cm³/mol. The van der Waals surface area contributed by atoms with Crippen LogP contribution in [0, 0.1) is 25.7 Å². The smallest absolute Gasteiger partial charge is 0.412 e. The fourth-order valence-electron chi connectivity index (χ4n) is 6.05. The molecule has 8 nitrogen and oxygen atoms in total. The standard InChI is InChI=1S/C29H31N3O5S/c1-17-6-3-7-19(14-17)27-25(31-18(2)38-27)28(33)32-16-20-8-4-9-21(20)22(32)15-30-29(34)37-24-11-5-10-23-26(24)36-13-12-35-23/h3,5-7,10-11,14,20-22H,4,8-9,12-13,15-16H2,1-2H3,(H,30,34)/t20-,21-,22+/m0/s1. The van der Waals surface area contributed by atoms with E-state index in [1.165, 1.54) is 0 Å². The Morgan fingerprint density at radius 3 is 2.84 bits per heavy atom. The maximum Gasteiger partial charge on any atom is 0.412 e. The summed E-state index contributed by atoms with van der Waals surface area (Å²) in [6, 6.07) is 13.3. The third-order valence-electron chi connectivity index (χ3n) is 7.71. The van der Waals surface area contributed by atoms with Gasteiger partial charge in [0.05, 0.1) is 15.9 Å². The molecule has 2 aliphatic heterocycles. The van der Waals surface area contributed by atoms with Crippen molar-refractivity contribution in [2.45, 2.75) is 39.2 Å². The van der Waals surface area contributed by atoms with Gasteiger partial charge in [0.25, 0.3) is 5.91 Å². The number of para-hydroxylation sites is 1. The second kappa shape index (κ2) is 10.3. The zero-order valence-electron chi connectivity index (χ0n) is 21.6. The normalized spacial score (nSPS) is 21.7. The van der Waals surface area contributed by atoms with Crippen LogP contribution in [0.15, 0.2) is 42.5 Å². The second-order valence-corrected chi connectivity index (χ2v) is 11.4. The Balaban J connectivity index is 1.20. The summed E-state index contributed by atoms with van der Waals surface area (Å²) in [6.07, 6.45) is 2.72. The van der Waals surface area contributed by atoms with Gasteiger partial charge in [0.2, 0.25) is 5.75 Å². The molecule has 0 unspecified atom stereocenters. The minimum atomic E-state index is -0.577. The predicted octanol–water partition coefficient (Wildman–Crippen LogP) is 5.23. The molecule has 9 heteroatoms. The largest absolute Gasteiger partial charge is 0.486 e. The van der Waals surface area contributed by atoms with Crippen molar-refractivity contribution in [1.82, 2.24) is 15.2 Å². The number of hydrogen-bond acceptors (Lipinski definition) is 7. The molecule has 6 rings (SSSR count). The molecule has 3 aliphatic rings. The van der Waals surface area contributed by atoms with Gasteiger partial charge in [-0.15, -0.1) is 11.3 Å². The lowest BCUT2D eigenvalue weighted by Gasteiger charge is -2.28. The maximum atomic E-state index is 14.0. The number of nitrogens with one attached hydrogen (secondary N) is 1. The Morgan fingerprint density at radius 2 is 1.97 bits per heavy atom. The highest BCUT2D eigenvalue weighted by molar-refractivity contribution is 7.15. The molecule has 3 atom stereocenters. The Hall–Kier alpha value is -3.59. The summed E-state index contributed by atoms with van der Waals surface area (Å²) in [5, 5.41) is 3.78. The number of aryl methyl sites for hydroxylation is 2. The molecule has 1 saturated carbocycles. The highest BCUT2D eigenvalue weighted by Gasteiger charge is 2.47. The number of aromatic nitrogens is 1. The quantitative estimate of drug-likeness (QED) is 0.483. The first kappa shape index (κ1) is 24.7. The van der Waals surface area contributed by atoms with Gasteiger partial charge in [-0.1, -0.05) is 42.3 Å². The highest BCUT2D eigenvalue weighted by Crippen LogP contribution is 2.43. The van der Waals surface area contributed by atoms with Crippen LogP contribution in [0.3, 0.4) is 0 Å². The molecule has 198 valence electrons. The van der Waals surface area contributed by atoms with Crippen molar-refractivity contribution in [2.24, 2.45) is 11.8 Å². The summed E-state index contributed by atoms with van der Waals surface area (Å²) in [5.74, 6) is 2.04. The fraction of sp³-hybridized carbons (Fsp3) is 0.414. The third-order valence-corrected chi connectivity index (χ3v) is 8.73. The van der Waals surface area contributed by atoms with E-state index in [1.807, 2.05) is 36.9 Å². The first-order valence-corrected chi connectivity index (χ1v) is 14.0. The molecule has 1 saturated heterocycles. The Bertz CT molecular complexity index is 1370. The Kier molecular flexibility index (Phi) is 6.69. The molecule has 0 spiro atoms. The lowest BCUT2D eigenvalue weighted by molar-refractivity contribution is 0.0706.